The van der Waals surface area contributed by atoms with Crippen LogP contribution in [0.5, 0.6) is 0 Å². The van der Waals surface area contributed by atoms with Crippen LogP contribution in [0.3, 0.4) is 0 Å². The molecule has 0 spiro atoms. The molecule has 0 unspecified atom stereocenters. The first-order chi connectivity index (χ1) is 7.66. The summed E-state index contributed by atoms with van der Waals surface area (Å²) in [6.45, 7) is 4.30. The molecule has 1 fully saturated rings. The van der Waals surface area contributed by atoms with Gasteiger partial charge < -0.3 is 5.73 Å². The summed E-state index contributed by atoms with van der Waals surface area (Å²) in [5.74, 6) is 1.89. The standard InChI is InChI=1S/C12H22N4/c1-9(2)16-12(14-8-15-16)7-10-3-5-11(13)6-4-10/h8-11H,3-7,13H2,1-2H3. The van der Waals surface area contributed by atoms with Gasteiger partial charge in [-0.2, -0.15) is 5.10 Å². The maximum atomic E-state index is 5.92. The van der Waals surface area contributed by atoms with Gasteiger partial charge in [-0.3, -0.25) is 0 Å². The van der Waals surface area contributed by atoms with E-state index in [0.29, 0.717) is 12.1 Å². The minimum Gasteiger partial charge on any atom is -0.328 e. The second-order valence-electron chi connectivity index (χ2n) is 5.20. The molecule has 1 saturated carbocycles. The molecule has 0 bridgehead atoms. The third-order valence-corrected chi connectivity index (χ3v) is 3.50. The Morgan fingerprint density at radius 1 is 1.38 bits per heavy atom. The van der Waals surface area contributed by atoms with Crippen LogP contribution in [0.15, 0.2) is 6.33 Å². The SMILES string of the molecule is CC(C)n1ncnc1CC1CCC(N)CC1. The van der Waals surface area contributed by atoms with Gasteiger partial charge >= 0.3 is 0 Å². The van der Waals surface area contributed by atoms with Crippen molar-refractivity contribution >= 4 is 0 Å². The molecule has 0 aromatic carbocycles. The molecule has 2 rings (SSSR count). The normalized spacial score (nSPS) is 26.2. The lowest BCUT2D eigenvalue weighted by molar-refractivity contribution is 0.314. The second-order valence-corrected chi connectivity index (χ2v) is 5.20. The van der Waals surface area contributed by atoms with Gasteiger partial charge in [0.1, 0.15) is 12.2 Å². The van der Waals surface area contributed by atoms with Crippen molar-refractivity contribution < 1.29 is 0 Å². The molecule has 2 N–H and O–H groups in total. The average Bonchev–Trinajstić information content (AvgIpc) is 2.69. The number of aromatic nitrogens is 3. The van der Waals surface area contributed by atoms with Crippen LogP contribution < -0.4 is 5.73 Å². The molecule has 90 valence electrons. The monoisotopic (exact) mass is 222 g/mol. The summed E-state index contributed by atoms with van der Waals surface area (Å²) in [7, 11) is 0. The van der Waals surface area contributed by atoms with Crippen LogP contribution in [0.4, 0.5) is 0 Å². The van der Waals surface area contributed by atoms with Crippen LogP contribution >= 0.6 is 0 Å². The smallest absolute Gasteiger partial charge is 0.138 e. The Kier molecular flexibility index (Phi) is 3.59. The van der Waals surface area contributed by atoms with Crippen LogP contribution in [-0.2, 0) is 6.42 Å². The number of rotatable bonds is 3. The van der Waals surface area contributed by atoms with E-state index in [9.17, 15) is 0 Å². The molecule has 0 aliphatic heterocycles. The maximum absolute atomic E-state index is 5.92. The van der Waals surface area contributed by atoms with E-state index >= 15 is 0 Å². The number of hydrogen-bond acceptors (Lipinski definition) is 3. The molecular weight excluding hydrogens is 200 g/mol. The Morgan fingerprint density at radius 3 is 2.69 bits per heavy atom. The molecule has 4 heteroatoms. The minimum atomic E-state index is 0.406. The van der Waals surface area contributed by atoms with Gasteiger partial charge in [-0.25, -0.2) is 9.67 Å². The molecule has 0 radical (unpaired) electrons. The van der Waals surface area contributed by atoms with Gasteiger partial charge in [0, 0.05) is 18.5 Å². The third-order valence-electron chi connectivity index (χ3n) is 3.50. The van der Waals surface area contributed by atoms with Crippen molar-refractivity contribution in [3.63, 3.8) is 0 Å². The molecule has 1 aromatic heterocycles. The first-order valence-corrected chi connectivity index (χ1v) is 6.30. The minimum absolute atomic E-state index is 0.406. The average molecular weight is 222 g/mol. The number of nitrogens with two attached hydrogens (primary N) is 1. The van der Waals surface area contributed by atoms with Crippen molar-refractivity contribution in [3.8, 4) is 0 Å². The zero-order valence-corrected chi connectivity index (χ0v) is 10.3. The molecule has 4 nitrogen and oxygen atoms in total. The van der Waals surface area contributed by atoms with Gasteiger partial charge in [-0.05, 0) is 45.4 Å². The summed E-state index contributed by atoms with van der Waals surface area (Å²) in [5.41, 5.74) is 5.92. The largest absolute Gasteiger partial charge is 0.328 e. The Morgan fingerprint density at radius 2 is 2.06 bits per heavy atom. The van der Waals surface area contributed by atoms with Crippen LogP contribution in [0.2, 0.25) is 0 Å². The van der Waals surface area contributed by atoms with E-state index in [-0.39, 0.29) is 0 Å². The van der Waals surface area contributed by atoms with Gasteiger partial charge in [-0.1, -0.05) is 0 Å². The van der Waals surface area contributed by atoms with E-state index in [4.69, 9.17) is 5.73 Å². The molecule has 1 aliphatic carbocycles. The Bertz CT molecular complexity index is 324. The second kappa shape index (κ2) is 4.95. The van der Waals surface area contributed by atoms with Crippen molar-refractivity contribution in [2.75, 3.05) is 0 Å². The fraction of sp³-hybridized carbons (Fsp3) is 0.833. The maximum Gasteiger partial charge on any atom is 0.138 e. The van der Waals surface area contributed by atoms with Crippen LogP contribution in [0.25, 0.3) is 0 Å². The van der Waals surface area contributed by atoms with Crippen LogP contribution in [0, 0.1) is 5.92 Å². The predicted molar refractivity (Wildman–Crippen MR) is 64.0 cm³/mol. The van der Waals surface area contributed by atoms with E-state index in [2.05, 4.69) is 23.9 Å². The van der Waals surface area contributed by atoms with E-state index in [1.165, 1.54) is 25.7 Å². The van der Waals surface area contributed by atoms with Crippen molar-refractivity contribution in [1.29, 1.82) is 0 Å². The summed E-state index contributed by atoms with van der Waals surface area (Å²) in [4.78, 5) is 4.37. The molecule has 1 aromatic rings. The van der Waals surface area contributed by atoms with Gasteiger partial charge in [0.2, 0.25) is 0 Å². The number of nitrogens with zero attached hydrogens (tertiary/aromatic N) is 3. The summed E-state index contributed by atoms with van der Waals surface area (Å²) in [5, 5.41) is 4.28. The van der Waals surface area contributed by atoms with Crippen LogP contribution in [0.1, 0.15) is 51.4 Å². The number of hydrogen-bond donors (Lipinski definition) is 1. The highest BCUT2D eigenvalue weighted by Gasteiger charge is 2.21. The third kappa shape index (κ3) is 2.61. The van der Waals surface area contributed by atoms with E-state index < -0.39 is 0 Å². The highest BCUT2D eigenvalue weighted by molar-refractivity contribution is 4.90. The Labute approximate surface area is 97.2 Å². The summed E-state index contributed by atoms with van der Waals surface area (Å²) in [6, 6.07) is 0.836. The summed E-state index contributed by atoms with van der Waals surface area (Å²) in [6.07, 6.45) is 7.55. The van der Waals surface area contributed by atoms with E-state index in [1.54, 1.807) is 6.33 Å². The lowest BCUT2D eigenvalue weighted by Crippen LogP contribution is -2.27. The van der Waals surface area contributed by atoms with E-state index in [0.717, 1.165) is 18.2 Å². The molecule has 0 atom stereocenters. The summed E-state index contributed by atoms with van der Waals surface area (Å²) < 4.78 is 2.04. The van der Waals surface area contributed by atoms with Gasteiger partial charge in [0.25, 0.3) is 0 Å². The van der Waals surface area contributed by atoms with Crippen molar-refractivity contribution in [2.45, 2.75) is 58.0 Å². The van der Waals surface area contributed by atoms with Crippen molar-refractivity contribution in [1.82, 2.24) is 14.8 Å². The molecule has 16 heavy (non-hydrogen) atoms. The Hall–Kier alpha value is -0.900. The first kappa shape index (κ1) is 11.6. The Balaban J connectivity index is 1.96. The van der Waals surface area contributed by atoms with Crippen molar-refractivity contribution in [2.24, 2.45) is 11.7 Å². The zero-order valence-electron chi connectivity index (χ0n) is 10.3. The zero-order chi connectivity index (χ0) is 11.5. The summed E-state index contributed by atoms with van der Waals surface area (Å²) >= 11 is 0. The van der Waals surface area contributed by atoms with Gasteiger partial charge in [0.15, 0.2) is 0 Å². The molecule has 0 amide bonds. The van der Waals surface area contributed by atoms with Gasteiger partial charge in [0.05, 0.1) is 0 Å². The topological polar surface area (TPSA) is 56.7 Å². The molecule has 1 aliphatic rings. The fourth-order valence-electron chi connectivity index (χ4n) is 2.50. The highest BCUT2D eigenvalue weighted by atomic mass is 15.3. The molecule has 1 heterocycles. The molecule has 0 saturated heterocycles. The quantitative estimate of drug-likeness (QED) is 0.850. The van der Waals surface area contributed by atoms with E-state index in [1.807, 2.05) is 4.68 Å². The highest BCUT2D eigenvalue weighted by Crippen LogP contribution is 2.26. The lowest BCUT2D eigenvalue weighted by atomic mass is 9.84. The molecular formula is C12H22N4. The predicted octanol–water partition coefficient (Wildman–Crippen LogP) is 1.92. The first-order valence-electron chi connectivity index (χ1n) is 6.30. The van der Waals surface area contributed by atoms with Gasteiger partial charge in [-0.15, -0.1) is 0 Å². The van der Waals surface area contributed by atoms with Crippen molar-refractivity contribution in [3.05, 3.63) is 12.2 Å². The fourth-order valence-corrected chi connectivity index (χ4v) is 2.50. The lowest BCUT2D eigenvalue weighted by Gasteiger charge is -2.25. The van der Waals surface area contributed by atoms with Crippen LogP contribution in [-0.4, -0.2) is 20.8 Å².